The van der Waals surface area contributed by atoms with Crippen LogP contribution in [0.25, 0.3) is 0 Å². The summed E-state index contributed by atoms with van der Waals surface area (Å²) in [6.07, 6.45) is 6.89. The molecule has 16 heavy (non-hydrogen) atoms. The van der Waals surface area contributed by atoms with Gasteiger partial charge in [0.15, 0.2) is 0 Å². The summed E-state index contributed by atoms with van der Waals surface area (Å²) in [6, 6.07) is 1.49. The largest absolute Gasteiger partial charge is 0.314 e. The molecular formula is C14H30N2. The minimum atomic E-state index is 0.676. The lowest BCUT2D eigenvalue weighted by atomic mass is 10.1. The summed E-state index contributed by atoms with van der Waals surface area (Å²) in [6.45, 7) is 9.23. The fraction of sp³-hybridized carbons (Fsp3) is 1.00. The molecule has 1 saturated carbocycles. The highest BCUT2D eigenvalue weighted by Gasteiger charge is 2.29. The Morgan fingerprint density at radius 2 is 2.00 bits per heavy atom. The third kappa shape index (κ3) is 5.31. The Labute approximate surface area is 102 Å². The van der Waals surface area contributed by atoms with Gasteiger partial charge in [-0.3, -0.25) is 0 Å². The van der Waals surface area contributed by atoms with Crippen LogP contribution in [0.3, 0.4) is 0 Å². The van der Waals surface area contributed by atoms with Crippen LogP contribution in [-0.2, 0) is 0 Å². The first-order chi connectivity index (χ1) is 7.65. The predicted molar refractivity (Wildman–Crippen MR) is 71.8 cm³/mol. The molecule has 0 spiro atoms. The number of nitrogens with zero attached hydrogens (tertiary/aromatic N) is 1. The molecule has 0 saturated heterocycles. The molecule has 0 amide bonds. The molecule has 96 valence electrons. The van der Waals surface area contributed by atoms with Crippen LogP contribution in [0.1, 0.15) is 52.9 Å². The van der Waals surface area contributed by atoms with Crippen molar-refractivity contribution in [2.24, 2.45) is 5.92 Å². The van der Waals surface area contributed by atoms with Gasteiger partial charge in [0.25, 0.3) is 0 Å². The summed E-state index contributed by atoms with van der Waals surface area (Å²) in [7, 11) is 2.22. The summed E-state index contributed by atoms with van der Waals surface area (Å²) in [4.78, 5) is 2.42. The van der Waals surface area contributed by atoms with E-state index in [1.54, 1.807) is 0 Å². The van der Waals surface area contributed by atoms with Gasteiger partial charge >= 0.3 is 0 Å². The third-order valence-corrected chi connectivity index (χ3v) is 3.77. The Kier molecular flexibility index (Phi) is 6.37. The fourth-order valence-electron chi connectivity index (χ4n) is 2.19. The lowest BCUT2D eigenvalue weighted by Crippen LogP contribution is -2.34. The van der Waals surface area contributed by atoms with Crippen molar-refractivity contribution in [2.75, 3.05) is 20.1 Å². The molecule has 2 nitrogen and oxygen atoms in total. The van der Waals surface area contributed by atoms with Crippen LogP contribution in [0, 0.1) is 5.92 Å². The highest BCUT2D eigenvalue weighted by molar-refractivity contribution is 4.85. The van der Waals surface area contributed by atoms with Crippen molar-refractivity contribution >= 4 is 0 Å². The van der Waals surface area contributed by atoms with Crippen molar-refractivity contribution in [1.29, 1.82) is 0 Å². The lowest BCUT2D eigenvalue weighted by Gasteiger charge is -2.22. The first-order valence-corrected chi connectivity index (χ1v) is 7.08. The van der Waals surface area contributed by atoms with Gasteiger partial charge in [-0.05, 0) is 65.6 Å². The summed E-state index contributed by atoms with van der Waals surface area (Å²) < 4.78 is 0. The summed E-state index contributed by atoms with van der Waals surface area (Å²) in [5.41, 5.74) is 0. The third-order valence-electron chi connectivity index (χ3n) is 3.77. The van der Waals surface area contributed by atoms with E-state index in [4.69, 9.17) is 0 Å². The second-order valence-electron chi connectivity index (χ2n) is 5.61. The number of rotatable bonds is 9. The first-order valence-electron chi connectivity index (χ1n) is 7.08. The fourth-order valence-corrected chi connectivity index (χ4v) is 2.19. The average Bonchev–Trinajstić information content (AvgIpc) is 3.05. The molecule has 0 radical (unpaired) electrons. The normalized spacial score (nSPS) is 18.4. The van der Waals surface area contributed by atoms with E-state index in [0.29, 0.717) is 6.04 Å². The topological polar surface area (TPSA) is 15.3 Å². The SMILES string of the molecule is CCCC(NCCCN(C)C(C)C)C1CC1. The van der Waals surface area contributed by atoms with Gasteiger partial charge in [0, 0.05) is 12.1 Å². The molecule has 1 unspecified atom stereocenters. The van der Waals surface area contributed by atoms with Crippen molar-refractivity contribution in [3.8, 4) is 0 Å². The maximum absolute atomic E-state index is 3.75. The van der Waals surface area contributed by atoms with Crippen LogP contribution < -0.4 is 5.32 Å². The van der Waals surface area contributed by atoms with Crippen molar-refractivity contribution in [1.82, 2.24) is 10.2 Å². The van der Waals surface area contributed by atoms with Crippen LogP contribution in [0.15, 0.2) is 0 Å². The number of hydrogen-bond acceptors (Lipinski definition) is 2. The van der Waals surface area contributed by atoms with E-state index in [2.05, 4.69) is 38.0 Å². The Hall–Kier alpha value is -0.0800. The molecule has 1 aliphatic carbocycles. The zero-order valence-corrected chi connectivity index (χ0v) is 11.6. The Bertz CT molecular complexity index is 176. The van der Waals surface area contributed by atoms with Gasteiger partial charge in [-0.2, -0.15) is 0 Å². The van der Waals surface area contributed by atoms with Gasteiger partial charge in [0.2, 0.25) is 0 Å². The van der Waals surface area contributed by atoms with Gasteiger partial charge in [0.05, 0.1) is 0 Å². The van der Waals surface area contributed by atoms with Crippen LogP contribution in [0.4, 0.5) is 0 Å². The smallest absolute Gasteiger partial charge is 0.00952 e. The highest BCUT2D eigenvalue weighted by atomic mass is 15.1. The quantitative estimate of drug-likeness (QED) is 0.608. The molecule has 0 aliphatic heterocycles. The Balaban J connectivity index is 2.04. The predicted octanol–water partition coefficient (Wildman–Crippen LogP) is 2.89. The molecule has 1 fully saturated rings. The minimum absolute atomic E-state index is 0.676. The standard InChI is InChI=1S/C14H30N2/c1-5-7-14(13-8-9-13)15-10-6-11-16(4)12(2)3/h12-15H,5-11H2,1-4H3. The first kappa shape index (κ1) is 14.0. The number of nitrogens with one attached hydrogen (secondary N) is 1. The van der Waals surface area contributed by atoms with Crippen molar-refractivity contribution in [2.45, 2.75) is 65.0 Å². The molecule has 0 heterocycles. The molecule has 1 aliphatic rings. The number of hydrogen-bond donors (Lipinski definition) is 1. The van der Waals surface area contributed by atoms with E-state index in [1.165, 1.54) is 45.2 Å². The molecule has 0 aromatic heterocycles. The molecule has 1 rings (SSSR count). The van der Waals surface area contributed by atoms with Crippen molar-refractivity contribution < 1.29 is 0 Å². The molecule has 0 bridgehead atoms. The van der Waals surface area contributed by atoms with E-state index >= 15 is 0 Å². The maximum atomic E-state index is 3.75. The average molecular weight is 226 g/mol. The summed E-state index contributed by atoms with van der Waals surface area (Å²) in [5, 5.41) is 3.75. The molecule has 0 aromatic carbocycles. The van der Waals surface area contributed by atoms with E-state index in [1.807, 2.05) is 0 Å². The van der Waals surface area contributed by atoms with E-state index in [0.717, 1.165) is 12.0 Å². The van der Waals surface area contributed by atoms with Gasteiger partial charge in [-0.15, -0.1) is 0 Å². The molecular weight excluding hydrogens is 196 g/mol. The minimum Gasteiger partial charge on any atom is -0.314 e. The van der Waals surface area contributed by atoms with Crippen molar-refractivity contribution in [3.05, 3.63) is 0 Å². The Morgan fingerprint density at radius 3 is 2.50 bits per heavy atom. The van der Waals surface area contributed by atoms with Gasteiger partial charge in [-0.25, -0.2) is 0 Å². The van der Waals surface area contributed by atoms with E-state index < -0.39 is 0 Å². The Morgan fingerprint density at radius 1 is 1.31 bits per heavy atom. The zero-order valence-electron chi connectivity index (χ0n) is 11.6. The lowest BCUT2D eigenvalue weighted by molar-refractivity contribution is 0.266. The maximum Gasteiger partial charge on any atom is 0.00952 e. The molecule has 1 atom stereocenters. The van der Waals surface area contributed by atoms with Crippen LogP contribution >= 0.6 is 0 Å². The van der Waals surface area contributed by atoms with Crippen LogP contribution in [-0.4, -0.2) is 37.1 Å². The van der Waals surface area contributed by atoms with Crippen molar-refractivity contribution in [3.63, 3.8) is 0 Å². The second-order valence-corrected chi connectivity index (χ2v) is 5.61. The summed E-state index contributed by atoms with van der Waals surface area (Å²) >= 11 is 0. The molecule has 2 heteroatoms. The van der Waals surface area contributed by atoms with Crippen LogP contribution in [0.5, 0.6) is 0 Å². The van der Waals surface area contributed by atoms with E-state index in [9.17, 15) is 0 Å². The molecule has 1 N–H and O–H groups in total. The zero-order chi connectivity index (χ0) is 12.0. The van der Waals surface area contributed by atoms with Gasteiger partial charge < -0.3 is 10.2 Å². The van der Waals surface area contributed by atoms with Gasteiger partial charge in [-0.1, -0.05) is 13.3 Å². The summed E-state index contributed by atoms with van der Waals surface area (Å²) in [5.74, 6) is 1.00. The monoisotopic (exact) mass is 226 g/mol. The second kappa shape index (κ2) is 7.29. The van der Waals surface area contributed by atoms with E-state index in [-0.39, 0.29) is 0 Å². The van der Waals surface area contributed by atoms with Crippen LogP contribution in [0.2, 0.25) is 0 Å². The molecule has 0 aromatic rings. The van der Waals surface area contributed by atoms with Gasteiger partial charge in [0.1, 0.15) is 0 Å². The highest BCUT2D eigenvalue weighted by Crippen LogP contribution is 2.34.